The van der Waals surface area contributed by atoms with Gasteiger partial charge in [0, 0.05) is 12.3 Å². The van der Waals surface area contributed by atoms with Crippen LogP contribution in [-0.2, 0) is 9.59 Å². The summed E-state index contributed by atoms with van der Waals surface area (Å²) in [6.45, 7) is 0. The number of benzene rings is 1. The third-order valence-corrected chi connectivity index (χ3v) is 4.80. The van der Waals surface area contributed by atoms with E-state index in [0.717, 1.165) is 0 Å². The number of allylic oxidation sites excluding steroid dienone is 2. The van der Waals surface area contributed by atoms with Crippen LogP contribution in [-0.4, -0.2) is 27.9 Å². The Bertz CT molecular complexity index is 561. The van der Waals surface area contributed by atoms with Crippen LogP contribution in [0.25, 0.3) is 0 Å². The topological polar surface area (TPSA) is 54.4 Å². The van der Waals surface area contributed by atoms with Gasteiger partial charge < -0.3 is 5.11 Å². The summed E-state index contributed by atoms with van der Waals surface area (Å²) in [5, 5.41) is 8.71. The van der Waals surface area contributed by atoms with Gasteiger partial charge in [-0.3, -0.25) is 9.59 Å². The van der Waals surface area contributed by atoms with E-state index >= 15 is 0 Å². The molecule has 2 rings (SSSR count). The van der Waals surface area contributed by atoms with E-state index in [1.807, 2.05) is 48.8 Å². The molecule has 0 aliphatic heterocycles. The molecule has 0 unspecified atom stereocenters. The van der Waals surface area contributed by atoms with Crippen LogP contribution in [0, 0.1) is 0 Å². The summed E-state index contributed by atoms with van der Waals surface area (Å²) in [5.74, 6) is -0.833. The third-order valence-electron chi connectivity index (χ3n) is 3.63. The molecule has 0 bridgehead atoms. The number of aliphatic carboxylic acids is 1. The smallest absolute Gasteiger partial charge is 0.303 e. The molecule has 1 aromatic carbocycles. The number of ketones is 1. The Hall–Kier alpha value is -1.81. The summed E-state index contributed by atoms with van der Waals surface area (Å²) < 4.78 is -0.721. The van der Waals surface area contributed by atoms with Crippen molar-refractivity contribution in [2.75, 3.05) is 6.26 Å². The summed E-state index contributed by atoms with van der Waals surface area (Å²) in [7, 11) is 0. The first kappa shape index (κ1) is 15.6. The molecule has 0 heterocycles. The van der Waals surface area contributed by atoms with Crippen molar-refractivity contribution in [3.05, 3.63) is 60.2 Å². The normalized spacial score (nSPS) is 24.0. The summed E-state index contributed by atoms with van der Waals surface area (Å²) >= 11 is 1.43. The number of thioether (sulfide) groups is 1. The molecule has 1 aliphatic rings. The van der Waals surface area contributed by atoms with E-state index in [9.17, 15) is 9.59 Å². The molecular formula is C17H18O3S. The predicted octanol–water partition coefficient (Wildman–Crippen LogP) is 3.43. The van der Waals surface area contributed by atoms with E-state index < -0.39 is 10.7 Å². The lowest BCUT2D eigenvalue weighted by atomic mass is 9.87. The molecule has 0 radical (unpaired) electrons. The van der Waals surface area contributed by atoms with Gasteiger partial charge >= 0.3 is 5.97 Å². The van der Waals surface area contributed by atoms with Crippen molar-refractivity contribution in [1.82, 2.24) is 0 Å². The van der Waals surface area contributed by atoms with Crippen molar-refractivity contribution in [1.29, 1.82) is 0 Å². The van der Waals surface area contributed by atoms with Gasteiger partial charge in [-0.2, -0.15) is 0 Å². The Morgan fingerprint density at radius 2 is 1.76 bits per heavy atom. The highest BCUT2D eigenvalue weighted by Crippen LogP contribution is 2.36. The number of hydrogen-bond acceptors (Lipinski definition) is 3. The summed E-state index contributed by atoms with van der Waals surface area (Å²) in [4.78, 5) is 22.9. The SMILES string of the molecule is CSC1(C(=O)CCC(=O)O)C=CC(c2ccccc2)C=C1. The molecule has 0 amide bonds. The minimum absolute atomic E-state index is 0.0564. The van der Waals surface area contributed by atoms with E-state index in [-0.39, 0.29) is 24.5 Å². The maximum absolute atomic E-state index is 12.3. The Morgan fingerprint density at radius 3 is 2.29 bits per heavy atom. The average molecular weight is 302 g/mol. The largest absolute Gasteiger partial charge is 0.481 e. The summed E-state index contributed by atoms with van der Waals surface area (Å²) in [6.07, 6.45) is 9.65. The Kier molecular flexibility index (Phi) is 5.02. The minimum Gasteiger partial charge on any atom is -0.481 e. The lowest BCUT2D eigenvalue weighted by Gasteiger charge is -2.28. The maximum Gasteiger partial charge on any atom is 0.303 e. The van der Waals surface area contributed by atoms with Crippen LogP contribution in [0.4, 0.5) is 0 Å². The molecule has 0 spiro atoms. The molecule has 0 saturated heterocycles. The van der Waals surface area contributed by atoms with Crippen molar-refractivity contribution in [2.24, 2.45) is 0 Å². The van der Waals surface area contributed by atoms with Gasteiger partial charge in [0.05, 0.1) is 6.42 Å². The zero-order valence-electron chi connectivity index (χ0n) is 11.9. The zero-order valence-corrected chi connectivity index (χ0v) is 12.7. The van der Waals surface area contributed by atoms with Gasteiger partial charge in [-0.15, -0.1) is 11.8 Å². The molecule has 3 nitrogen and oxygen atoms in total. The Morgan fingerprint density at radius 1 is 1.14 bits per heavy atom. The van der Waals surface area contributed by atoms with E-state index in [4.69, 9.17) is 5.11 Å². The van der Waals surface area contributed by atoms with Crippen molar-refractivity contribution < 1.29 is 14.7 Å². The van der Waals surface area contributed by atoms with Crippen molar-refractivity contribution in [3.63, 3.8) is 0 Å². The predicted molar refractivity (Wildman–Crippen MR) is 85.6 cm³/mol. The van der Waals surface area contributed by atoms with Crippen LogP contribution >= 0.6 is 11.8 Å². The molecule has 1 aromatic rings. The second-order valence-electron chi connectivity index (χ2n) is 4.97. The van der Waals surface area contributed by atoms with E-state index in [1.165, 1.54) is 17.3 Å². The first-order valence-corrected chi connectivity index (χ1v) is 8.04. The maximum atomic E-state index is 12.3. The number of carbonyl (C=O) groups excluding carboxylic acids is 1. The molecule has 0 atom stereocenters. The second kappa shape index (κ2) is 6.76. The van der Waals surface area contributed by atoms with Crippen LogP contribution in [0.5, 0.6) is 0 Å². The monoisotopic (exact) mass is 302 g/mol. The second-order valence-corrected chi connectivity index (χ2v) is 6.05. The number of rotatable bonds is 6. The van der Waals surface area contributed by atoms with Crippen LogP contribution in [0.15, 0.2) is 54.6 Å². The van der Waals surface area contributed by atoms with Gasteiger partial charge in [0.1, 0.15) is 4.75 Å². The first-order valence-electron chi connectivity index (χ1n) is 6.81. The molecule has 110 valence electrons. The van der Waals surface area contributed by atoms with E-state index in [0.29, 0.717) is 0 Å². The van der Waals surface area contributed by atoms with Gasteiger partial charge in [0.2, 0.25) is 0 Å². The third kappa shape index (κ3) is 3.64. The minimum atomic E-state index is -0.939. The number of carboxylic acids is 1. The number of Topliss-reactive ketones (excluding diaryl/α,β-unsaturated/α-hetero) is 1. The molecule has 0 saturated carbocycles. The van der Waals surface area contributed by atoms with Crippen molar-refractivity contribution in [3.8, 4) is 0 Å². The van der Waals surface area contributed by atoms with Crippen molar-refractivity contribution >= 4 is 23.5 Å². The standard InChI is InChI=1S/C17H18O3S/c1-21-17(15(18)7-8-16(19)20)11-9-14(10-12-17)13-5-3-2-4-6-13/h2-6,9-12,14H,7-8H2,1H3,(H,19,20). The van der Waals surface area contributed by atoms with Crippen LogP contribution < -0.4 is 0 Å². The van der Waals surface area contributed by atoms with Gasteiger partial charge in [0.15, 0.2) is 5.78 Å². The first-order chi connectivity index (χ1) is 10.1. The fraction of sp³-hybridized carbons (Fsp3) is 0.294. The van der Waals surface area contributed by atoms with E-state index in [1.54, 1.807) is 0 Å². The van der Waals surface area contributed by atoms with Gasteiger partial charge in [-0.25, -0.2) is 0 Å². The number of carbonyl (C=O) groups is 2. The fourth-order valence-corrected chi connectivity index (χ4v) is 3.12. The molecule has 0 aromatic heterocycles. The Balaban J connectivity index is 2.13. The fourth-order valence-electron chi connectivity index (χ4n) is 2.36. The van der Waals surface area contributed by atoms with Gasteiger partial charge in [-0.05, 0) is 11.8 Å². The van der Waals surface area contributed by atoms with Crippen LogP contribution in [0.2, 0.25) is 0 Å². The van der Waals surface area contributed by atoms with Crippen molar-refractivity contribution in [2.45, 2.75) is 23.5 Å². The number of hydrogen-bond donors (Lipinski definition) is 1. The lowest BCUT2D eigenvalue weighted by Crippen LogP contribution is -2.32. The molecule has 4 heteroatoms. The van der Waals surface area contributed by atoms with Crippen LogP contribution in [0.1, 0.15) is 24.3 Å². The highest BCUT2D eigenvalue weighted by molar-refractivity contribution is 8.01. The highest BCUT2D eigenvalue weighted by Gasteiger charge is 2.34. The molecule has 1 N–H and O–H groups in total. The molecule has 1 aliphatic carbocycles. The van der Waals surface area contributed by atoms with E-state index in [2.05, 4.69) is 12.1 Å². The summed E-state index contributed by atoms with van der Waals surface area (Å²) in [5.41, 5.74) is 1.18. The quantitative estimate of drug-likeness (QED) is 0.818. The average Bonchev–Trinajstić information content (AvgIpc) is 2.53. The highest BCUT2D eigenvalue weighted by atomic mass is 32.2. The molecule has 0 fully saturated rings. The summed E-state index contributed by atoms with van der Waals surface area (Å²) in [6, 6.07) is 10.1. The Labute approximate surface area is 128 Å². The number of carboxylic acid groups (broad SMARTS) is 1. The van der Waals surface area contributed by atoms with Gasteiger partial charge in [-0.1, -0.05) is 54.6 Å². The zero-order chi connectivity index (χ0) is 15.3. The molecule has 21 heavy (non-hydrogen) atoms. The van der Waals surface area contributed by atoms with Crippen LogP contribution in [0.3, 0.4) is 0 Å². The lowest BCUT2D eigenvalue weighted by molar-refractivity contribution is -0.138. The molecular weight excluding hydrogens is 284 g/mol. The van der Waals surface area contributed by atoms with Gasteiger partial charge in [0.25, 0.3) is 0 Å².